The smallest absolute Gasteiger partial charge is 0.311 e. The van der Waals surface area contributed by atoms with Crippen molar-refractivity contribution in [1.29, 1.82) is 0 Å². The SMILES string of the molecule is Cc1ccc2c(C)cc(N3CCC(C)(C(=O)O)C3)nc2c1. The standard InChI is InChI=1S/C17H20N2O2/c1-11-4-5-13-12(2)9-15(18-14(13)8-11)19-7-6-17(3,10-19)16(20)21/h4-5,8-9H,6-7,10H2,1-3H3,(H,20,21). The number of carboxylic acid groups (broad SMARTS) is 1. The molecule has 1 atom stereocenters. The highest BCUT2D eigenvalue weighted by molar-refractivity contribution is 5.85. The van der Waals surface area contributed by atoms with E-state index >= 15 is 0 Å². The van der Waals surface area contributed by atoms with E-state index in [-0.39, 0.29) is 0 Å². The molecule has 0 radical (unpaired) electrons. The summed E-state index contributed by atoms with van der Waals surface area (Å²) >= 11 is 0. The lowest BCUT2D eigenvalue weighted by molar-refractivity contribution is -0.146. The van der Waals surface area contributed by atoms with Crippen molar-refractivity contribution in [3.63, 3.8) is 0 Å². The highest BCUT2D eigenvalue weighted by atomic mass is 16.4. The predicted octanol–water partition coefficient (Wildman–Crippen LogP) is 3.15. The number of carboxylic acids is 1. The van der Waals surface area contributed by atoms with Gasteiger partial charge in [-0.3, -0.25) is 4.79 Å². The lowest BCUT2D eigenvalue weighted by atomic mass is 9.90. The number of nitrogens with zero attached hydrogens (tertiary/aromatic N) is 2. The Bertz CT molecular complexity index is 726. The minimum Gasteiger partial charge on any atom is -0.481 e. The number of anilines is 1. The van der Waals surface area contributed by atoms with Crippen LogP contribution in [0.2, 0.25) is 0 Å². The van der Waals surface area contributed by atoms with E-state index in [1.54, 1.807) is 0 Å². The van der Waals surface area contributed by atoms with Gasteiger partial charge in [-0.2, -0.15) is 0 Å². The Balaban J connectivity index is 2.00. The Morgan fingerprint density at radius 3 is 2.76 bits per heavy atom. The Morgan fingerprint density at radius 2 is 2.10 bits per heavy atom. The molecule has 1 aromatic heterocycles. The van der Waals surface area contributed by atoms with E-state index < -0.39 is 11.4 Å². The fourth-order valence-electron chi connectivity index (χ4n) is 2.99. The predicted molar refractivity (Wildman–Crippen MR) is 83.8 cm³/mol. The molecule has 1 unspecified atom stereocenters. The number of benzene rings is 1. The van der Waals surface area contributed by atoms with Crippen molar-refractivity contribution in [1.82, 2.24) is 4.98 Å². The second kappa shape index (κ2) is 4.72. The molecule has 1 aromatic carbocycles. The fraction of sp³-hybridized carbons (Fsp3) is 0.412. The molecule has 0 spiro atoms. The van der Waals surface area contributed by atoms with Gasteiger partial charge in [0.15, 0.2) is 0 Å². The van der Waals surface area contributed by atoms with Crippen molar-refractivity contribution in [3.8, 4) is 0 Å². The van der Waals surface area contributed by atoms with Gasteiger partial charge in [0.05, 0.1) is 10.9 Å². The van der Waals surface area contributed by atoms with Crippen LogP contribution in [0.15, 0.2) is 24.3 Å². The second-order valence-corrected chi connectivity index (χ2v) is 6.36. The van der Waals surface area contributed by atoms with E-state index in [1.807, 2.05) is 6.92 Å². The van der Waals surface area contributed by atoms with Gasteiger partial charge < -0.3 is 10.0 Å². The first-order valence-corrected chi connectivity index (χ1v) is 7.25. The van der Waals surface area contributed by atoms with E-state index in [4.69, 9.17) is 4.98 Å². The van der Waals surface area contributed by atoms with E-state index in [2.05, 4.69) is 43.0 Å². The molecule has 0 aliphatic carbocycles. The zero-order valence-corrected chi connectivity index (χ0v) is 12.7. The van der Waals surface area contributed by atoms with Crippen molar-refractivity contribution in [2.75, 3.05) is 18.0 Å². The first-order valence-electron chi connectivity index (χ1n) is 7.25. The van der Waals surface area contributed by atoms with Crippen LogP contribution in [0.3, 0.4) is 0 Å². The van der Waals surface area contributed by atoms with Crippen molar-refractivity contribution >= 4 is 22.7 Å². The van der Waals surface area contributed by atoms with Crippen molar-refractivity contribution in [3.05, 3.63) is 35.4 Å². The quantitative estimate of drug-likeness (QED) is 0.920. The van der Waals surface area contributed by atoms with Crippen LogP contribution in [-0.2, 0) is 4.79 Å². The van der Waals surface area contributed by atoms with Gasteiger partial charge in [0.2, 0.25) is 0 Å². The maximum Gasteiger partial charge on any atom is 0.311 e. The van der Waals surface area contributed by atoms with Crippen LogP contribution in [0.4, 0.5) is 5.82 Å². The molecule has 3 rings (SSSR count). The number of aromatic nitrogens is 1. The van der Waals surface area contributed by atoms with Gasteiger partial charge in [0.1, 0.15) is 5.82 Å². The van der Waals surface area contributed by atoms with Crippen LogP contribution in [-0.4, -0.2) is 29.1 Å². The molecular weight excluding hydrogens is 264 g/mol. The average molecular weight is 284 g/mol. The Morgan fingerprint density at radius 1 is 1.33 bits per heavy atom. The minimum absolute atomic E-state index is 0.520. The number of aryl methyl sites for hydroxylation is 2. The van der Waals surface area contributed by atoms with Gasteiger partial charge in [0, 0.05) is 18.5 Å². The third-order valence-electron chi connectivity index (χ3n) is 4.47. The molecule has 1 fully saturated rings. The zero-order valence-electron chi connectivity index (χ0n) is 12.7. The highest BCUT2D eigenvalue weighted by Gasteiger charge is 2.40. The van der Waals surface area contributed by atoms with E-state index in [0.29, 0.717) is 13.0 Å². The third-order valence-corrected chi connectivity index (χ3v) is 4.47. The van der Waals surface area contributed by atoms with Crippen LogP contribution in [0.5, 0.6) is 0 Å². The summed E-state index contributed by atoms with van der Waals surface area (Å²) in [7, 11) is 0. The summed E-state index contributed by atoms with van der Waals surface area (Å²) in [6.07, 6.45) is 0.662. The molecule has 1 saturated heterocycles. The normalized spacial score (nSPS) is 22.0. The maximum atomic E-state index is 11.4. The molecule has 110 valence electrons. The van der Waals surface area contributed by atoms with Gasteiger partial charge in [-0.25, -0.2) is 4.98 Å². The van der Waals surface area contributed by atoms with Gasteiger partial charge in [-0.1, -0.05) is 12.1 Å². The van der Waals surface area contributed by atoms with Crippen LogP contribution < -0.4 is 4.90 Å². The van der Waals surface area contributed by atoms with E-state index in [9.17, 15) is 9.90 Å². The summed E-state index contributed by atoms with van der Waals surface area (Å²) in [6, 6.07) is 8.33. The zero-order chi connectivity index (χ0) is 15.2. The molecular formula is C17H20N2O2. The molecule has 2 aromatic rings. The number of hydrogen-bond donors (Lipinski definition) is 1. The van der Waals surface area contributed by atoms with Gasteiger partial charge >= 0.3 is 5.97 Å². The molecule has 1 aliphatic rings. The number of aliphatic carboxylic acids is 1. The van der Waals surface area contributed by atoms with Crippen LogP contribution in [0, 0.1) is 19.3 Å². The Labute approximate surface area is 124 Å². The lowest BCUT2D eigenvalue weighted by Gasteiger charge is -2.21. The first kappa shape index (κ1) is 13.9. The van der Waals surface area contributed by atoms with Crippen molar-refractivity contribution < 1.29 is 9.90 Å². The molecule has 21 heavy (non-hydrogen) atoms. The summed E-state index contributed by atoms with van der Waals surface area (Å²) < 4.78 is 0. The first-order chi connectivity index (χ1) is 9.89. The minimum atomic E-state index is -0.724. The number of fused-ring (bicyclic) bond motifs is 1. The van der Waals surface area contributed by atoms with Crippen molar-refractivity contribution in [2.24, 2.45) is 5.41 Å². The fourth-order valence-corrected chi connectivity index (χ4v) is 2.99. The van der Waals surface area contributed by atoms with Gasteiger partial charge in [-0.05, 0) is 50.5 Å². The van der Waals surface area contributed by atoms with Crippen LogP contribution in [0.1, 0.15) is 24.5 Å². The Hall–Kier alpha value is -2.10. The Kier molecular flexibility index (Phi) is 3.12. The summed E-state index contributed by atoms with van der Waals surface area (Å²) in [6.45, 7) is 7.21. The molecule has 0 bridgehead atoms. The maximum absolute atomic E-state index is 11.4. The third kappa shape index (κ3) is 2.35. The lowest BCUT2D eigenvalue weighted by Crippen LogP contribution is -2.32. The molecule has 0 saturated carbocycles. The topological polar surface area (TPSA) is 53.4 Å². The molecule has 1 N–H and O–H groups in total. The summed E-state index contributed by atoms with van der Waals surface area (Å²) in [5, 5.41) is 10.5. The molecule has 4 heteroatoms. The molecule has 2 heterocycles. The largest absolute Gasteiger partial charge is 0.481 e. The van der Waals surface area contributed by atoms with Gasteiger partial charge in [-0.15, -0.1) is 0 Å². The summed E-state index contributed by atoms with van der Waals surface area (Å²) in [4.78, 5) is 18.2. The summed E-state index contributed by atoms with van der Waals surface area (Å²) in [5.41, 5.74) is 2.67. The van der Waals surface area contributed by atoms with E-state index in [1.165, 1.54) is 11.1 Å². The number of pyridine rings is 1. The molecule has 4 nitrogen and oxygen atoms in total. The van der Waals surface area contributed by atoms with Gasteiger partial charge in [0.25, 0.3) is 0 Å². The number of carbonyl (C=O) groups is 1. The monoisotopic (exact) mass is 284 g/mol. The van der Waals surface area contributed by atoms with Crippen LogP contribution >= 0.6 is 0 Å². The highest BCUT2D eigenvalue weighted by Crippen LogP contribution is 2.34. The van der Waals surface area contributed by atoms with Crippen molar-refractivity contribution in [2.45, 2.75) is 27.2 Å². The molecule has 0 amide bonds. The van der Waals surface area contributed by atoms with Crippen LogP contribution in [0.25, 0.3) is 10.9 Å². The number of hydrogen-bond acceptors (Lipinski definition) is 3. The summed E-state index contributed by atoms with van der Waals surface area (Å²) in [5.74, 6) is 0.161. The second-order valence-electron chi connectivity index (χ2n) is 6.36. The van der Waals surface area contributed by atoms with E-state index in [0.717, 1.165) is 23.3 Å². The average Bonchev–Trinajstić information content (AvgIpc) is 2.82. The number of rotatable bonds is 2. The molecule has 1 aliphatic heterocycles.